The lowest BCUT2D eigenvalue weighted by atomic mass is 10.1. The topological polar surface area (TPSA) is 139 Å². The number of ether oxygens (including phenoxy) is 1. The van der Waals surface area contributed by atoms with Crippen molar-refractivity contribution in [1.82, 2.24) is 9.55 Å². The zero-order chi connectivity index (χ0) is 14.7. The van der Waals surface area contributed by atoms with Gasteiger partial charge in [-0.1, -0.05) is 12.0 Å². The molecule has 0 aromatic carbocycles. The second kappa shape index (κ2) is 5.91. The number of nitrogens with two attached hydrogens (primary N) is 1. The van der Waals surface area contributed by atoms with E-state index in [2.05, 4.69) is 15.0 Å². The van der Waals surface area contributed by atoms with E-state index in [1.807, 2.05) is 6.92 Å². The van der Waals surface area contributed by atoms with E-state index in [1.54, 1.807) is 0 Å². The number of azide groups is 1. The maximum absolute atomic E-state index is 11.8. The first kappa shape index (κ1) is 14.3. The van der Waals surface area contributed by atoms with E-state index in [1.165, 1.54) is 10.8 Å². The van der Waals surface area contributed by atoms with Gasteiger partial charge in [-0.2, -0.15) is 0 Å². The van der Waals surface area contributed by atoms with Crippen molar-refractivity contribution in [1.29, 1.82) is 0 Å². The molecule has 0 aliphatic carbocycles. The van der Waals surface area contributed by atoms with Crippen LogP contribution in [0.5, 0.6) is 0 Å². The smallest absolute Gasteiger partial charge is 0.330 e. The van der Waals surface area contributed by atoms with Gasteiger partial charge in [-0.25, -0.2) is 4.79 Å². The molecule has 3 N–H and O–H groups in total. The Morgan fingerprint density at radius 3 is 3.00 bits per heavy atom. The zero-order valence-electron chi connectivity index (χ0n) is 11.0. The molecule has 9 heteroatoms. The van der Waals surface area contributed by atoms with Crippen LogP contribution < -0.4 is 17.0 Å². The first-order chi connectivity index (χ1) is 9.60. The standard InChI is InChI=1S/C11H16N6O3/c1-2-6-5-17(11(19)14-10(6)18)9-3-7(15-16-13)8(4-12)20-9/h5,7-9H,2-4,12H2,1H3,(H,14,18,19)/t7?,8-,9-/m0/s1. The Hall–Kier alpha value is -2.09. The van der Waals surface area contributed by atoms with Crippen LogP contribution in [0.15, 0.2) is 20.9 Å². The second-order valence-corrected chi connectivity index (χ2v) is 4.55. The van der Waals surface area contributed by atoms with Crippen molar-refractivity contribution in [2.24, 2.45) is 10.8 Å². The molecule has 0 amide bonds. The fourth-order valence-electron chi connectivity index (χ4n) is 2.28. The highest BCUT2D eigenvalue weighted by Gasteiger charge is 2.35. The number of nitrogens with zero attached hydrogens (tertiary/aromatic N) is 4. The van der Waals surface area contributed by atoms with Gasteiger partial charge in [0.05, 0.1) is 12.1 Å². The highest BCUT2D eigenvalue weighted by atomic mass is 16.5. The maximum atomic E-state index is 11.8. The van der Waals surface area contributed by atoms with Crippen LogP contribution in [0.3, 0.4) is 0 Å². The van der Waals surface area contributed by atoms with Gasteiger partial charge in [0.2, 0.25) is 0 Å². The van der Waals surface area contributed by atoms with Gasteiger partial charge in [-0.3, -0.25) is 14.3 Å². The number of hydrogen-bond donors (Lipinski definition) is 2. The third-order valence-electron chi connectivity index (χ3n) is 3.37. The van der Waals surface area contributed by atoms with E-state index >= 15 is 0 Å². The Balaban J connectivity index is 2.36. The number of aromatic amines is 1. The van der Waals surface area contributed by atoms with Crippen LogP contribution in [-0.2, 0) is 11.2 Å². The highest BCUT2D eigenvalue weighted by Crippen LogP contribution is 2.29. The molecule has 108 valence electrons. The zero-order valence-corrected chi connectivity index (χ0v) is 11.0. The van der Waals surface area contributed by atoms with Gasteiger partial charge in [-0.05, 0) is 12.0 Å². The second-order valence-electron chi connectivity index (χ2n) is 4.55. The lowest BCUT2D eigenvalue weighted by Gasteiger charge is -2.15. The fraction of sp³-hybridized carbons (Fsp3) is 0.636. The normalized spacial score (nSPS) is 25.4. The average molecular weight is 280 g/mol. The summed E-state index contributed by atoms with van der Waals surface area (Å²) in [7, 11) is 0. The first-order valence-corrected chi connectivity index (χ1v) is 6.34. The number of nitrogens with one attached hydrogen (secondary N) is 1. The van der Waals surface area contributed by atoms with Gasteiger partial charge in [-0.15, -0.1) is 0 Å². The van der Waals surface area contributed by atoms with Crippen molar-refractivity contribution >= 4 is 0 Å². The van der Waals surface area contributed by atoms with Crippen molar-refractivity contribution in [3.8, 4) is 0 Å². The molecule has 1 saturated heterocycles. The summed E-state index contributed by atoms with van der Waals surface area (Å²) in [5.74, 6) is 0. The van der Waals surface area contributed by atoms with Crippen LogP contribution in [-0.4, -0.2) is 28.2 Å². The van der Waals surface area contributed by atoms with E-state index in [9.17, 15) is 9.59 Å². The molecule has 1 aliphatic heterocycles. The summed E-state index contributed by atoms with van der Waals surface area (Å²) in [4.78, 5) is 28.4. The Bertz CT molecular complexity index is 644. The largest absolute Gasteiger partial charge is 0.353 e. The van der Waals surface area contributed by atoms with E-state index < -0.39 is 29.6 Å². The molecule has 0 saturated carbocycles. The molecule has 1 aliphatic rings. The minimum absolute atomic E-state index is 0.193. The predicted octanol–water partition coefficient (Wildman–Crippen LogP) is 0.0241. The minimum Gasteiger partial charge on any atom is -0.353 e. The molecule has 2 rings (SSSR count). The van der Waals surface area contributed by atoms with E-state index in [-0.39, 0.29) is 6.54 Å². The Kier molecular flexibility index (Phi) is 4.23. The van der Waals surface area contributed by atoms with Gasteiger partial charge < -0.3 is 10.5 Å². The summed E-state index contributed by atoms with van der Waals surface area (Å²) < 4.78 is 6.95. The molecule has 0 spiro atoms. The van der Waals surface area contributed by atoms with Crippen molar-refractivity contribution in [2.45, 2.75) is 38.1 Å². The Morgan fingerprint density at radius 1 is 1.65 bits per heavy atom. The van der Waals surface area contributed by atoms with E-state index in [0.717, 1.165) is 0 Å². The lowest BCUT2D eigenvalue weighted by Crippen LogP contribution is -2.34. The molecule has 2 heterocycles. The molecule has 1 aromatic heterocycles. The van der Waals surface area contributed by atoms with Gasteiger partial charge >= 0.3 is 5.69 Å². The molecule has 20 heavy (non-hydrogen) atoms. The molecular formula is C11H16N6O3. The van der Waals surface area contributed by atoms with Gasteiger partial charge in [0.1, 0.15) is 6.23 Å². The summed E-state index contributed by atoms with van der Waals surface area (Å²) in [5, 5.41) is 3.63. The molecule has 0 radical (unpaired) electrons. The summed E-state index contributed by atoms with van der Waals surface area (Å²) in [5.41, 5.74) is 13.6. The average Bonchev–Trinajstić information content (AvgIpc) is 2.82. The lowest BCUT2D eigenvalue weighted by molar-refractivity contribution is 0.00155. The summed E-state index contributed by atoms with van der Waals surface area (Å²) in [6, 6.07) is -0.418. The molecule has 9 nitrogen and oxygen atoms in total. The highest BCUT2D eigenvalue weighted by molar-refractivity contribution is 5.05. The molecule has 1 unspecified atom stereocenters. The third-order valence-corrected chi connectivity index (χ3v) is 3.37. The number of aryl methyl sites for hydroxylation is 1. The minimum atomic E-state index is -0.589. The molecular weight excluding hydrogens is 264 g/mol. The number of rotatable bonds is 4. The SMILES string of the molecule is CCc1cn([C@@H]2CC(N=[N+]=[N-])[C@H](CN)O2)c(=O)[nH]c1=O. The molecule has 1 aromatic rings. The summed E-state index contributed by atoms with van der Waals surface area (Å²) in [6.07, 6.45) is 1.31. The van der Waals surface area contributed by atoms with Gasteiger partial charge in [0.25, 0.3) is 5.56 Å². The monoisotopic (exact) mass is 280 g/mol. The number of hydrogen-bond acceptors (Lipinski definition) is 5. The fourth-order valence-corrected chi connectivity index (χ4v) is 2.28. The van der Waals surface area contributed by atoms with Gasteiger partial charge in [0, 0.05) is 29.6 Å². The van der Waals surface area contributed by atoms with Crippen molar-refractivity contribution in [2.75, 3.05) is 6.54 Å². The number of aromatic nitrogens is 2. The number of H-pyrrole nitrogens is 1. The van der Waals surface area contributed by atoms with Crippen LogP contribution in [0.25, 0.3) is 10.4 Å². The van der Waals surface area contributed by atoms with Crippen LogP contribution >= 0.6 is 0 Å². The van der Waals surface area contributed by atoms with Crippen LogP contribution in [0.1, 0.15) is 25.1 Å². The van der Waals surface area contributed by atoms with Crippen molar-refractivity contribution < 1.29 is 4.74 Å². The van der Waals surface area contributed by atoms with Gasteiger partial charge in [0.15, 0.2) is 0 Å². The quantitative estimate of drug-likeness (QED) is 0.456. The third kappa shape index (κ3) is 2.60. The first-order valence-electron chi connectivity index (χ1n) is 6.34. The van der Waals surface area contributed by atoms with Crippen LogP contribution in [0.4, 0.5) is 0 Å². The predicted molar refractivity (Wildman–Crippen MR) is 71.2 cm³/mol. The summed E-state index contributed by atoms with van der Waals surface area (Å²) in [6.45, 7) is 2.01. The van der Waals surface area contributed by atoms with E-state index in [4.69, 9.17) is 16.0 Å². The maximum Gasteiger partial charge on any atom is 0.330 e. The van der Waals surface area contributed by atoms with Crippen LogP contribution in [0.2, 0.25) is 0 Å². The molecule has 3 atom stereocenters. The van der Waals surface area contributed by atoms with Crippen molar-refractivity contribution in [3.63, 3.8) is 0 Å². The Labute approximate surface area is 114 Å². The van der Waals surface area contributed by atoms with Crippen molar-refractivity contribution in [3.05, 3.63) is 43.0 Å². The molecule has 0 bridgehead atoms. The van der Waals surface area contributed by atoms with Crippen LogP contribution in [0, 0.1) is 0 Å². The Morgan fingerprint density at radius 2 is 2.40 bits per heavy atom. The summed E-state index contributed by atoms with van der Waals surface area (Å²) >= 11 is 0. The van der Waals surface area contributed by atoms with E-state index in [0.29, 0.717) is 18.4 Å². The molecule has 1 fully saturated rings.